The van der Waals surface area contributed by atoms with Crippen molar-refractivity contribution >= 4 is 17.7 Å². The molecule has 2 fully saturated rings. The van der Waals surface area contributed by atoms with Crippen molar-refractivity contribution in [3.8, 4) is 0 Å². The maximum absolute atomic E-state index is 12.9. The minimum absolute atomic E-state index is 0.0846. The van der Waals surface area contributed by atoms with Gasteiger partial charge in [0.25, 0.3) is 11.8 Å². The second-order valence-corrected chi connectivity index (χ2v) is 8.07. The van der Waals surface area contributed by atoms with E-state index in [-0.39, 0.29) is 23.8 Å². The van der Waals surface area contributed by atoms with Crippen molar-refractivity contribution in [2.75, 3.05) is 17.2 Å². The van der Waals surface area contributed by atoms with Gasteiger partial charge in [0.15, 0.2) is 0 Å². The molecule has 1 heterocycles. The van der Waals surface area contributed by atoms with Gasteiger partial charge in [-0.25, -0.2) is 13.8 Å². The number of amides is 1. The lowest BCUT2D eigenvalue weighted by Crippen LogP contribution is -2.33. The van der Waals surface area contributed by atoms with Gasteiger partial charge >= 0.3 is 0 Å². The zero-order valence-corrected chi connectivity index (χ0v) is 16.5. The number of rotatable bonds is 8. The molecule has 0 aliphatic heterocycles. The summed E-state index contributed by atoms with van der Waals surface area (Å²) < 4.78 is 31.2. The zero-order valence-electron chi connectivity index (χ0n) is 16.5. The molecule has 1 aromatic rings. The van der Waals surface area contributed by atoms with E-state index in [1.165, 1.54) is 6.20 Å². The first-order chi connectivity index (χ1) is 13.7. The lowest BCUT2D eigenvalue weighted by atomic mass is 9.93. The van der Waals surface area contributed by atoms with Crippen LogP contribution >= 0.6 is 0 Å². The molecule has 2 aliphatic carbocycles. The van der Waals surface area contributed by atoms with E-state index >= 15 is 0 Å². The average molecular weight is 413 g/mol. The highest BCUT2D eigenvalue weighted by molar-refractivity contribution is 5.97. The molecule has 10 heteroatoms. The number of aromatic nitrogens is 2. The molecule has 0 aromatic carbocycles. The smallest absolute Gasteiger partial charge is 0.268 e. The summed E-state index contributed by atoms with van der Waals surface area (Å²) in [6, 6.07) is -0.0959. The Bertz CT molecular complexity index is 708. The Kier molecular flexibility index (Phi) is 6.84. The number of aliphatic hydroxyl groups is 1. The fourth-order valence-corrected chi connectivity index (χ4v) is 3.85. The Morgan fingerprint density at radius 3 is 2.59 bits per heavy atom. The molecule has 0 bridgehead atoms. The quantitative estimate of drug-likeness (QED) is 0.516. The number of hydrogen-bond donors (Lipinski definition) is 4. The van der Waals surface area contributed by atoms with Crippen LogP contribution < -0.4 is 16.4 Å². The highest BCUT2D eigenvalue weighted by Gasteiger charge is 2.29. The van der Waals surface area contributed by atoms with Crippen LogP contribution in [-0.2, 0) is 4.74 Å². The van der Waals surface area contributed by atoms with E-state index in [1.54, 1.807) is 0 Å². The molecule has 0 unspecified atom stereocenters. The van der Waals surface area contributed by atoms with Gasteiger partial charge in [-0.2, -0.15) is 4.98 Å². The summed E-state index contributed by atoms with van der Waals surface area (Å²) in [5.74, 6) is -2.80. The fraction of sp³-hybridized carbons (Fsp3) is 0.737. The lowest BCUT2D eigenvalue weighted by Gasteiger charge is -2.30. The van der Waals surface area contributed by atoms with Gasteiger partial charge in [0, 0.05) is 19.2 Å². The zero-order chi connectivity index (χ0) is 21.0. The van der Waals surface area contributed by atoms with Gasteiger partial charge in [0.2, 0.25) is 5.95 Å². The predicted octanol–water partition coefficient (Wildman–Crippen LogP) is 2.30. The lowest BCUT2D eigenvalue weighted by molar-refractivity contribution is -0.0943. The minimum Gasteiger partial charge on any atom is -0.391 e. The molecular weight excluding hydrogens is 384 g/mol. The van der Waals surface area contributed by atoms with Crippen LogP contribution in [0, 0.1) is 0 Å². The van der Waals surface area contributed by atoms with Crippen LogP contribution in [0.5, 0.6) is 0 Å². The van der Waals surface area contributed by atoms with E-state index in [1.807, 2.05) is 0 Å². The van der Waals surface area contributed by atoms with Crippen LogP contribution in [0.25, 0.3) is 0 Å². The molecule has 162 valence electrons. The minimum atomic E-state index is -2.82. The number of primary amides is 1. The average Bonchev–Trinajstić information content (AvgIpc) is 3.05. The van der Waals surface area contributed by atoms with Crippen LogP contribution in [-0.4, -0.2) is 57.8 Å². The van der Waals surface area contributed by atoms with Gasteiger partial charge in [-0.3, -0.25) is 4.79 Å². The van der Waals surface area contributed by atoms with Crippen molar-refractivity contribution in [2.45, 2.75) is 82.1 Å². The number of carbonyl (C=O) groups is 1. The summed E-state index contributed by atoms with van der Waals surface area (Å²) in [5, 5.41) is 16.4. The highest BCUT2D eigenvalue weighted by Crippen LogP contribution is 2.27. The molecule has 2 aliphatic rings. The molecule has 8 nitrogen and oxygen atoms in total. The monoisotopic (exact) mass is 413 g/mol. The first kappa shape index (κ1) is 21.6. The molecule has 2 saturated carbocycles. The Hall–Kier alpha value is -2.07. The van der Waals surface area contributed by atoms with E-state index in [2.05, 4.69) is 20.6 Å². The van der Waals surface area contributed by atoms with Crippen molar-refractivity contribution in [3.63, 3.8) is 0 Å². The second kappa shape index (κ2) is 9.17. The normalized spacial score (nSPS) is 27.6. The summed E-state index contributed by atoms with van der Waals surface area (Å²) in [4.78, 5) is 20.3. The van der Waals surface area contributed by atoms with Crippen LogP contribution in [0.2, 0.25) is 0 Å². The number of hydrogen-bond acceptors (Lipinski definition) is 7. The Morgan fingerprint density at radius 2 is 2.00 bits per heavy atom. The number of nitrogens with zero attached hydrogens (tertiary/aromatic N) is 2. The van der Waals surface area contributed by atoms with E-state index in [0.29, 0.717) is 31.0 Å². The SMILES string of the molecule is CC(F)(F)COC1CCC(Nc2ncc(C(N)=O)c(N[C@@H]3CCC[C@H]3O)n2)CC1. The van der Waals surface area contributed by atoms with E-state index < -0.39 is 24.5 Å². The number of anilines is 2. The highest BCUT2D eigenvalue weighted by atomic mass is 19.3. The molecule has 5 N–H and O–H groups in total. The number of carbonyl (C=O) groups excluding carboxylic acids is 1. The van der Waals surface area contributed by atoms with Gasteiger partial charge in [-0.05, 0) is 44.9 Å². The third-order valence-electron chi connectivity index (χ3n) is 5.44. The van der Waals surface area contributed by atoms with Gasteiger partial charge in [0.05, 0.1) is 23.8 Å². The molecule has 0 radical (unpaired) electrons. The summed E-state index contributed by atoms with van der Waals surface area (Å²) in [6.07, 6.45) is 5.93. The van der Waals surface area contributed by atoms with Crippen molar-refractivity contribution in [3.05, 3.63) is 11.8 Å². The molecule has 2 atom stereocenters. The van der Waals surface area contributed by atoms with Crippen molar-refractivity contribution in [2.24, 2.45) is 5.73 Å². The summed E-state index contributed by atoms with van der Waals surface area (Å²) in [7, 11) is 0. The summed E-state index contributed by atoms with van der Waals surface area (Å²) >= 11 is 0. The van der Waals surface area contributed by atoms with Gasteiger partial charge < -0.3 is 26.2 Å². The first-order valence-corrected chi connectivity index (χ1v) is 10.1. The van der Waals surface area contributed by atoms with Crippen LogP contribution in [0.15, 0.2) is 6.20 Å². The Balaban J connectivity index is 1.58. The number of alkyl halides is 2. The maximum atomic E-state index is 12.9. The Morgan fingerprint density at radius 1 is 1.28 bits per heavy atom. The molecule has 1 amide bonds. The third kappa shape index (κ3) is 6.20. The number of aliphatic hydroxyl groups excluding tert-OH is 1. The molecule has 3 rings (SSSR count). The van der Waals surface area contributed by atoms with Crippen LogP contribution in [0.4, 0.5) is 20.5 Å². The molecule has 29 heavy (non-hydrogen) atoms. The number of ether oxygens (including phenoxy) is 1. The van der Waals surface area contributed by atoms with Crippen LogP contribution in [0.3, 0.4) is 0 Å². The number of halogens is 2. The van der Waals surface area contributed by atoms with Gasteiger partial charge in [-0.15, -0.1) is 0 Å². The van der Waals surface area contributed by atoms with Crippen LogP contribution in [0.1, 0.15) is 62.2 Å². The largest absolute Gasteiger partial charge is 0.391 e. The second-order valence-electron chi connectivity index (χ2n) is 8.07. The summed E-state index contributed by atoms with van der Waals surface area (Å²) in [6.45, 7) is 0.291. The van der Waals surface area contributed by atoms with Crippen molar-refractivity contribution < 1.29 is 23.4 Å². The fourth-order valence-electron chi connectivity index (χ4n) is 3.85. The number of nitrogens with one attached hydrogen (secondary N) is 2. The number of nitrogens with two attached hydrogens (primary N) is 1. The van der Waals surface area contributed by atoms with E-state index in [0.717, 1.165) is 32.6 Å². The molecule has 0 saturated heterocycles. The van der Waals surface area contributed by atoms with Gasteiger partial charge in [0.1, 0.15) is 12.4 Å². The van der Waals surface area contributed by atoms with Crippen molar-refractivity contribution in [1.82, 2.24) is 9.97 Å². The Labute approximate surface area is 168 Å². The van der Waals surface area contributed by atoms with E-state index in [4.69, 9.17) is 10.5 Å². The van der Waals surface area contributed by atoms with E-state index in [9.17, 15) is 18.7 Å². The predicted molar refractivity (Wildman–Crippen MR) is 104 cm³/mol. The molecule has 1 aromatic heterocycles. The standard InChI is InChI=1S/C19H29F2N5O3/c1-19(20,21)10-29-12-7-5-11(6-8-12)24-18-23-9-13(16(22)28)17(26-18)25-14-3-2-4-15(14)27/h9,11-12,14-15,27H,2-8,10H2,1H3,(H2,22,28)(H2,23,24,25,26)/t11?,12?,14-,15-/m1/s1. The molecular formula is C19H29F2N5O3. The topological polar surface area (TPSA) is 122 Å². The third-order valence-corrected chi connectivity index (χ3v) is 5.44. The van der Waals surface area contributed by atoms with Gasteiger partial charge in [-0.1, -0.05) is 0 Å². The summed E-state index contributed by atoms with van der Waals surface area (Å²) in [5.41, 5.74) is 5.60. The van der Waals surface area contributed by atoms with Crippen molar-refractivity contribution in [1.29, 1.82) is 0 Å². The molecule has 0 spiro atoms. The maximum Gasteiger partial charge on any atom is 0.268 e. The first-order valence-electron chi connectivity index (χ1n) is 10.1.